The molecule has 0 saturated carbocycles. The first-order valence-corrected chi connectivity index (χ1v) is 12.3. The number of sulfonamides is 1. The summed E-state index contributed by atoms with van der Waals surface area (Å²) in [4.78, 5) is 0. The molecule has 3 aromatic rings. The molecule has 1 saturated heterocycles. The van der Waals surface area contributed by atoms with Crippen LogP contribution in [0.15, 0.2) is 84.9 Å². The van der Waals surface area contributed by atoms with Gasteiger partial charge >= 0.3 is 0 Å². The van der Waals surface area contributed by atoms with Crippen molar-refractivity contribution in [2.24, 2.45) is 5.41 Å². The average Bonchev–Trinajstić information content (AvgIpc) is 3.58. The van der Waals surface area contributed by atoms with Gasteiger partial charge in [0, 0.05) is 0 Å². The minimum absolute atomic E-state index is 0.0662. The maximum atomic E-state index is 14.4. The van der Waals surface area contributed by atoms with Crippen molar-refractivity contribution in [3.63, 3.8) is 0 Å². The third-order valence-corrected chi connectivity index (χ3v) is 7.83. The molecular weight excluding hydrogens is 422 g/mol. The highest BCUT2D eigenvalue weighted by atomic mass is 32.2. The molecule has 168 valence electrons. The van der Waals surface area contributed by atoms with Crippen LogP contribution in [0.5, 0.6) is 5.75 Å². The summed E-state index contributed by atoms with van der Waals surface area (Å²) in [6.07, 6.45) is 0.0662. The van der Waals surface area contributed by atoms with Crippen molar-refractivity contribution in [1.82, 2.24) is 0 Å². The van der Waals surface area contributed by atoms with Gasteiger partial charge in [-0.2, -0.15) is 0 Å². The van der Waals surface area contributed by atoms with E-state index in [1.54, 1.807) is 12.1 Å². The van der Waals surface area contributed by atoms with E-state index in [0.29, 0.717) is 30.3 Å². The fraction of sp³-hybridized carbons (Fsp3) is 0.308. The largest absolute Gasteiger partial charge is 0.489 e. The predicted octanol–water partition coefficient (Wildman–Crippen LogP) is 5.72. The van der Waals surface area contributed by atoms with Gasteiger partial charge in [0.05, 0.1) is 18.0 Å². The highest BCUT2D eigenvalue weighted by Gasteiger charge is 2.43. The molecule has 2 atom stereocenters. The van der Waals surface area contributed by atoms with E-state index in [9.17, 15) is 8.42 Å². The standard InChI is InChI=1S/C26H29NO4S/c1-26(2,3)25(20-12-6-4-7-13-20)32(28,29)27(21-14-8-5-9-15-21)23-16-10-11-17-24(23)31-19-22-18-30-22/h4-17,22,25H,18-19H2,1-3H3. The molecule has 0 bridgehead atoms. The van der Waals surface area contributed by atoms with Gasteiger partial charge in [-0.05, 0) is 35.2 Å². The lowest BCUT2D eigenvalue weighted by molar-refractivity contribution is 0.264. The molecule has 0 radical (unpaired) electrons. The first kappa shape index (κ1) is 22.4. The number of nitrogens with zero attached hydrogens (tertiary/aromatic N) is 1. The Morgan fingerprint density at radius 3 is 2.09 bits per heavy atom. The summed E-state index contributed by atoms with van der Waals surface area (Å²) in [6.45, 7) is 6.93. The third kappa shape index (κ3) is 4.81. The second-order valence-electron chi connectivity index (χ2n) is 9.04. The van der Waals surface area contributed by atoms with Gasteiger partial charge in [0.15, 0.2) is 0 Å². The van der Waals surface area contributed by atoms with E-state index in [-0.39, 0.29) is 6.10 Å². The Morgan fingerprint density at radius 2 is 1.50 bits per heavy atom. The van der Waals surface area contributed by atoms with Crippen LogP contribution in [0.4, 0.5) is 11.4 Å². The molecular formula is C26H29NO4S. The molecule has 3 aromatic carbocycles. The minimum Gasteiger partial charge on any atom is -0.489 e. The van der Waals surface area contributed by atoms with Crippen LogP contribution >= 0.6 is 0 Å². The summed E-state index contributed by atoms with van der Waals surface area (Å²) in [7, 11) is -3.90. The maximum Gasteiger partial charge on any atom is 0.247 e. The van der Waals surface area contributed by atoms with Gasteiger partial charge in [0.1, 0.15) is 23.7 Å². The van der Waals surface area contributed by atoms with E-state index in [1.165, 1.54) is 4.31 Å². The van der Waals surface area contributed by atoms with E-state index in [0.717, 1.165) is 5.56 Å². The smallest absolute Gasteiger partial charge is 0.247 e. The number of benzene rings is 3. The van der Waals surface area contributed by atoms with E-state index in [1.807, 2.05) is 93.6 Å². The zero-order valence-corrected chi connectivity index (χ0v) is 19.5. The number of rotatable bonds is 8. The second kappa shape index (κ2) is 8.96. The minimum atomic E-state index is -3.90. The fourth-order valence-corrected chi connectivity index (χ4v) is 6.38. The lowest BCUT2D eigenvalue weighted by atomic mass is 9.87. The number of anilines is 2. The number of hydrogen-bond acceptors (Lipinski definition) is 4. The zero-order valence-electron chi connectivity index (χ0n) is 18.6. The Kier molecular flexibility index (Phi) is 6.26. The lowest BCUT2D eigenvalue weighted by Gasteiger charge is -2.36. The van der Waals surface area contributed by atoms with Crippen molar-refractivity contribution >= 4 is 21.4 Å². The van der Waals surface area contributed by atoms with Crippen molar-refractivity contribution in [2.75, 3.05) is 17.5 Å². The van der Waals surface area contributed by atoms with Gasteiger partial charge < -0.3 is 9.47 Å². The van der Waals surface area contributed by atoms with Crippen LogP contribution in [-0.2, 0) is 14.8 Å². The van der Waals surface area contributed by atoms with E-state index >= 15 is 0 Å². The molecule has 0 spiro atoms. The summed E-state index contributed by atoms with van der Waals surface area (Å²) >= 11 is 0. The number of hydrogen-bond donors (Lipinski definition) is 0. The van der Waals surface area contributed by atoms with E-state index < -0.39 is 20.7 Å². The van der Waals surface area contributed by atoms with E-state index in [4.69, 9.17) is 9.47 Å². The fourth-order valence-electron chi connectivity index (χ4n) is 3.93. The Balaban J connectivity index is 1.87. The Labute approximate surface area is 190 Å². The normalized spacial score (nSPS) is 16.9. The molecule has 0 aliphatic carbocycles. The van der Waals surface area contributed by atoms with Gasteiger partial charge in [-0.25, -0.2) is 12.7 Å². The molecule has 5 nitrogen and oxygen atoms in total. The van der Waals surface area contributed by atoms with Gasteiger partial charge in [0.2, 0.25) is 10.0 Å². The Morgan fingerprint density at radius 1 is 0.938 bits per heavy atom. The van der Waals surface area contributed by atoms with Crippen LogP contribution in [0.1, 0.15) is 31.6 Å². The molecule has 1 fully saturated rings. The van der Waals surface area contributed by atoms with Crippen molar-refractivity contribution in [3.8, 4) is 5.75 Å². The first-order valence-electron chi connectivity index (χ1n) is 10.8. The lowest BCUT2D eigenvalue weighted by Crippen LogP contribution is -2.37. The maximum absolute atomic E-state index is 14.4. The van der Waals surface area contributed by atoms with Crippen molar-refractivity contribution in [1.29, 1.82) is 0 Å². The summed E-state index contributed by atoms with van der Waals surface area (Å²) in [5.74, 6) is 0.510. The van der Waals surface area contributed by atoms with Crippen molar-refractivity contribution in [3.05, 3.63) is 90.5 Å². The van der Waals surface area contributed by atoms with Crippen molar-refractivity contribution < 1.29 is 17.9 Å². The van der Waals surface area contributed by atoms with Gasteiger partial charge in [-0.1, -0.05) is 81.4 Å². The summed E-state index contributed by atoms with van der Waals surface area (Å²) in [6, 6.07) is 25.9. The Bertz CT molecular complexity index is 1140. The molecule has 0 aromatic heterocycles. The summed E-state index contributed by atoms with van der Waals surface area (Å²) in [5, 5.41) is -0.767. The van der Waals surface area contributed by atoms with E-state index in [2.05, 4.69) is 0 Å². The second-order valence-corrected chi connectivity index (χ2v) is 10.9. The highest BCUT2D eigenvalue weighted by molar-refractivity contribution is 7.93. The quantitative estimate of drug-likeness (QED) is 0.411. The molecule has 32 heavy (non-hydrogen) atoms. The molecule has 6 heteroatoms. The predicted molar refractivity (Wildman–Crippen MR) is 128 cm³/mol. The molecule has 1 aliphatic rings. The first-order chi connectivity index (χ1) is 15.3. The third-order valence-electron chi connectivity index (χ3n) is 5.34. The molecule has 2 unspecified atom stereocenters. The van der Waals surface area contributed by atoms with Gasteiger partial charge in [-0.3, -0.25) is 0 Å². The van der Waals surface area contributed by atoms with Crippen LogP contribution in [0.2, 0.25) is 0 Å². The summed E-state index contributed by atoms with van der Waals surface area (Å²) < 4.78 is 41.5. The highest BCUT2D eigenvalue weighted by Crippen LogP contribution is 2.46. The molecule has 4 rings (SSSR count). The molecule has 1 heterocycles. The van der Waals surface area contributed by atoms with Gasteiger partial charge in [-0.15, -0.1) is 0 Å². The average molecular weight is 452 g/mol. The van der Waals surface area contributed by atoms with Crippen molar-refractivity contribution in [2.45, 2.75) is 32.1 Å². The molecule has 0 N–H and O–H groups in total. The van der Waals surface area contributed by atoms with Crippen LogP contribution in [0, 0.1) is 5.41 Å². The molecule has 1 aliphatic heterocycles. The number of para-hydroxylation sites is 3. The Hall–Kier alpha value is -2.83. The zero-order chi connectivity index (χ0) is 22.8. The van der Waals surface area contributed by atoms with Crippen LogP contribution in [-0.4, -0.2) is 27.7 Å². The molecule has 0 amide bonds. The SMILES string of the molecule is CC(C)(C)C(c1ccccc1)S(=O)(=O)N(c1ccccc1)c1ccccc1OCC1CO1. The number of ether oxygens (including phenoxy) is 2. The van der Waals surface area contributed by atoms with Crippen LogP contribution in [0.3, 0.4) is 0 Å². The topological polar surface area (TPSA) is 59.1 Å². The monoisotopic (exact) mass is 451 g/mol. The van der Waals surface area contributed by atoms with Crippen LogP contribution in [0.25, 0.3) is 0 Å². The van der Waals surface area contributed by atoms with Gasteiger partial charge in [0.25, 0.3) is 0 Å². The van der Waals surface area contributed by atoms with Crippen LogP contribution < -0.4 is 9.04 Å². The summed E-state index contributed by atoms with van der Waals surface area (Å²) in [5.41, 5.74) is 1.26. The number of epoxide rings is 1.